The van der Waals surface area contributed by atoms with Gasteiger partial charge < -0.3 is 5.73 Å². The molecule has 0 saturated carbocycles. The zero-order chi connectivity index (χ0) is 10.1. The fraction of sp³-hybridized carbons (Fsp3) is 0.250. The Hall–Kier alpha value is -1.98. The minimum Gasteiger partial charge on any atom is -0.379 e. The smallest absolute Gasteiger partial charge is 0.196 e. The van der Waals surface area contributed by atoms with E-state index in [0.29, 0.717) is 11.5 Å². The highest BCUT2D eigenvalue weighted by Crippen LogP contribution is 2.23. The molecule has 0 unspecified atom stereocenters. The summed E-state index contributed by atoms with van der Waals surface area (Å²) in [4.78, 5) is 8.26. The Balaban J connectivity index is 2.58. The largest absolute Gasteiger partial charge is 0.379 e. The Labute approximate surface area is 80.1 Å². The minimum absolute atomic E-state index is 0.251. The van der Waals surface area contributed by atoms with Gasteiger partial charge in [0.1, 0.15) is 5.82 Å². The Kier molecular flexibility index (Phi) is 1.88. The van der Waals surface area contributed by atoms with Crippen LogP contribution < -0.4 is 5.73 Å². The van der Waals surface area contributed by atoms with Crippen LogP contribution in [0.4, 0.5) is 5.82 Å². The molecule has 0 atom stereocenters. The van der Waals surface area contributed by atoms with E-state index in [2.05, 4.69) is 24.9 Å². The molecule has 2 heterocycles. The van der Waals surface area contributed by atoms with Gasteiger partial charge in [-0.2, -0.15) is 0 Å². The van der Waals surface area contributed by atoms with Crippen LogP contribution in [-0.2, 0) is 0 Å². The van der Waals surface area contributed by atoms with Crippen molar-refractivity contribution in [2.75, 3.05) is 5.73 Å². The van der Waals surface area contributed by atoms with Gasteiger partial charge in [0.25, 0.3) is 0 Å². The molecule has 72 valence electrons. The summed E-state index contributed by atoms with van der Waals surface area (Å²) in [5.41, 5.74) is 7.60. The van der Waals surface area contributed by atoms with Crippen LogP contribution in [0.1, 0.15) is 11.5 Å². The lowest BCUT2D eigenvalue weighted by Gasteiger charge is -2.00. The summed E-state index contributed by atoms with van der Waals surface area (Å²) in [6.07, 6.45) is 1.66. The highest BCUT2D eigenvalue weighted by atomic mass is 16.6. The van der Waals surface area contributed by atoms with E-state index >= 15 is 0 Å². The molecule has 6 heteroatoms. The molecule has 0 aliphatic heterocycles. The summed E-state index contributed by atoms with van der Waals surface area (Å²) in [6, 6.07) is 0. The third kappa shape index (κ3) is 1.30. The number of nitrogen functional groups attached to an aromatic ring is 1. The van der Waals surface area contributed by atoms with Gasteiger partial charge in [0.15, 0.2) is 11.5 Å². The number of aryl methyl sites for hydroxylation is 2. The molecule has 0 radical (unpaired) electrons. The molecular weight excluding hydrogens is 182 g/mol. The molecule has 0 amide bonds. The Bertz CT molecular complexity index is 465. The SMILES string of the molecule is Cc1ncc(-c2nonc2N)c(C)n1. The average Bonchev–Trinajstić information content (AvgIpc) is 2.52. The van der Waals surface area contributed by atoms with Crippen LogP contribution in [0.15, 0.2) is 10.8 Å². The lowest BCUT2D eigenvalue weighted by Crippen LogP contribution is -1.96. The Morgan fingerprint density at radius 3 is 2.64 bits per heavy atom. The number of hydrogen-bond donors (Lipinski definition) is 1. The summed E-state index contributed by atoms with van der Waals surface area (Å²) >= 11 is 0. The molecule has 0 aliphatic carbocycles. The molecular formula is C8H9N5O. The molecule has 14 heavy (non-hydrogen) atoms. The highest BCUT2D eigenvalue weighted by Gasteiger charge is 2.12. The Morgan fingerprint density at radius 2 is 2.07 bits per heavy atom. The summed E-state index contributed by atoms with van der Waals surface area (Å²) < 4.78 is 4.50. The standard InChI is InChI=1S/C8H9N5O/c1-4-6(3-10-5(2)11-4)7-8(9)13-14-12-7/h3H,1-2H3,(H2,9,13). The Morgan fingerprint density at radius 1 is 1.29 bits per heavy atom. The van der Waals surface area contributed by atoms with Gasteiger partial charge in [-0.25, -0.2) is 14.6 Å². The first-order valence-electron chi connectivity index (χ1n) is 4.07. The normalized spacial score (nSPS) is 10.4. The number of hydrogen-bond acceptors (Lipinski definition) is 6. The van der Waals surface area contributed by atoms with E-state index in [9.17, 15) is 0 Å². The van der Waals surface area contributed by atoms with Crippen LogP contribution in [0, 0.1) is 13.8 Å². The van der Waals surface area contributed by atoms with Crippen molar-refractivity contribution < 1.29 is 4.63 Å². The van der Waals surface area contributed by atoms with Crippen molar-refractivity contribution in [2.45, 2.75) is 13.8 Å². The van der Waals surface area contributed by atoms with Gasteiger partial charge in [0, 0.05) is 11.8 Å². The van der Waals surface area contributed by atoms with Crippen molar-refractivity contribution in [2.24, 2.45) is 0 Å². The number of nitrogens with zero attached hydrogens (tertiary/aromatic N) is 4. The third-order valence-electron chi connectivity index (χ3n) is 1.87. The molecule has 2 aromatic rings. The van der Waals surface area contributed by atoms with Crippen molar-refractivity contribution in [3.8, 4) is 11.3 Å². The summed E-state index contributed by atoms with van der Waals surface area (Å²) in [6.45, 7) is 3.68. The van der Waals surface area contributed by atoms with Gasteiger partial charge in [0.2, 0.25) is 0 Å². The molecule has 0 saturated heterocycles. The fourth-order valence-corrected chi connectivity index (χ4v) is 1.20. The average molecular weight is 191 g/mol. The zero-order valence-corrected chi connectivity index (χ0v) is 7.85. The second kappa shape index (κ2) is 3.06. The van der Waals surface area contributed by atoms with Crippen LogP contribution in [0.2, 0.25) is 0 Å². The molecule has 0 aromatic carbocycles. The van der Waals surface area contributed by atoms with Gasteiger partial charge in [-0.05, 0) is 24.2 Å². The maximum Gasteiger partial charge on any atom is 0.196 e. The maximum atomic E-state index is 5.56. The zero-order valence-electron chi connectivity index (χ0n) is 7.85. The van der Waals surface area contributed by atoms with Crippen molar-refractivity contribution >= 4 is 5.82 Å². The topological polar surface area (TPSA) is 90.7 Å². The molecule has 2 rings (SSSR count). The molecule has 2 N–H and O–H groups in total. The van der Waals surface area contributed by atoms with E-state index in [1.807, 2.05) is 13.8 Å². The number of aromatic nitrogens is 4. The van der Waals surface area contributed by atoms with Gasteiger partial charge in [0.05, 0.1) is 5.69 Å². The first-order valence-corrected chi connectivity index (χ1v) is 4.07. The number of anilines is 1. The number of nitrogens with two attached hydrogens (primary N) is 1. The molecule has 0 aliphatic rings. The van der Waals surface area contributed by atoms with E-state index in [1.54, 1.807) is 6.20 Å². The summed E-state index contributed by atoms with van der Waals surface area (Å²) in [5.74, 6) is 0.960. The predicted octanol–water partition coefficient (Wildman–Crippen LogP) is 0.726. The third-order valence-corrected chi connectivity index (χ3v) is 1.87. The van der Waals surface area contributed by atoms with Crippen LogP contribution in [0.3, 0.4) is 0 Å². The highest BCUT2D eigenvalue weighted by molar-refractivity contribution is 5.69. The minimum atomic E-state index is 0.251. The van der Waals surface area contributed by atoms with Crippen molar-refractivity contribution in [3.05, 3.63) is 17.7 Å². The van der Waals surface area contributed by atoms with E-state index in [-0.39, 0.29) is 5.82 Å². The lowest BCUT2D eigenvalue weighted by molar-refractivity contribution is 0.310. The van der Waals surface area contributed by atoms with Gasteiger partial charge in [-0.3, -0.25) is 0 Å². The second-order valence-corrected chi connectivity index (χ2v) is 2.91. The van der Waals surface area contributed by atoms with Gasteiger partial charge in [-0.15, -0.1) is 0 Å². The maximum absolute atomic E-state index is 5.56. The van der Waals surface area contributed by atoms with E-state index < -0.39 is 0 Å². The molecule has 0 bridgehead atoms. The van der Waals surface area contributed by atoms with Crippen molar-refractivity contribution in [3.63, 3.8) is 0 Å². The van der Waals surface area contributed by atoms with Crippen molar-refractivity contribution in [1.82, 2.24) is 20.3 Å². The molecule has 0 spiro atoms. The van der Waals surface area contributed by atoms with Crippen LogP contribution in [-0.4, -0.2) is 20.3 Å². The summed E-state index contributed by atoms with van der Waals surface area (Å²) in [5, 5.41) is 7.18. The second-order valence-electron chi connectivity index (χ2n) is 2.91. The van der Waals surface area contributed by atoms with Crippen LogP contribution >= 0.6 is 0 Å². The fourth-order valence-electron chi connectivity index (χ4n) is 1.20. The van der Waals surface area contributed by atoms with E-state index in [4.69, 9.17) is 5.73 Å². The quantitative estimate of drug-likeness (QED) is 0.714. The molecule has 6 nitrogen and oxygen atoms in total. The predicted molar refractivity (Wildman–Crippen MR) is 49.2 cm³/mol. The van der Waals surface area contributed by atoms with Gasteiger partial charge >= 0.3 is 0 Å². The number of rotatable bonds is 1. The first-order chi connectivity index (χ1) is 6.68. The summed E-state index contributed by atoms with van der Waals surface area (Å²) in [7, 11) is 0. The van der Waals surface area contributed by atoms with Crippen LogP contribution in [0.25, 0.3) is 11.3 Å². The van der Waals surface area contributed by atoms with Gasteiger partial charge in [-0.1, -0.05) is 0 Å². The van der Waals surface area contributed by atoms with E-state index in [0.717, 1.165) is 11.3 Å². The molecule has 2 aromatic heterocycles. The van der Waals surface area contributed by atoms with Crippen LogP contribution in [0.5, 0.6) is 0 Å². The molecule has 0 fully saturated rings. The monoisotopic (exact) mass is 191 g/mol. The van der Waals surface area contributed by atoms with E-state index in [1.165, 1.54) is 0 Å². The van der Waals surface area contributed by atoms with Crippen molar-refractivity contribution in [1.29, 1.82) is 0 Å². The first kappa shape index (κ1) is 8.61. The lowest BCUT2D eigenvalue weighted by atomic mass is 10.2.